The first-order valence-corrected chi connectivity index (χ1v) is 11.8. The Morgan fingerprint density at radius 2 is 1.74 bits per heavy atom. The molecule has 0 saturated heterocycles. The van der Waals surface area contributed by atoms with Crippen molar-refractivity contribution in [3.8, 4) is 11.1 Å². The van der Waals surface area contributed by atoms with E-state index in [4.69, 9.17) is 9.47 Å². The Kier molecular flexibility index (Phi) is 7.39. The number of amides is 2. The molecule has 184 valence electrons. The van der Waals surface area contributed by atoms with E-state index in [1.54, 1.807) is 4.90 Å². The van der Waals surface area contributed by atoms with E-state index in [9.17, 15) is 9.59 Å². The Morgan fingerprint density at radius 1 is 1.00 bits per heavy atom. The highest BCUT2D eigenvalue weighted by Gasteiger charge is 2.28. The summed E-state index contributed by atoms with van der Waals surface area (Å²) < 4.78 is 12.7. The lowest BCUT2D eigenvalue weighted by Gasteiger charge is -2.30. The molecule has 2 heterocycles. The summed E-state index contributed by atoms with van der Waals surface area (Å²) in [6.07, 6.45) is 1.82. The molecule has 4 rings (SSSR count). The second kappa shape index (κ2) is 10.6. The monoisotopic (exact) mass is 476 g/mol. The van der Waals surface area contributed by atoms with Gasteiger partial charge in [0, 0.05) is 18.7 Å². The maximum atomic E-state index is 12.5. The maximum Gasteiger partial charge on any atom is 0.410 e. The van der Waals surface area contributed by atoms with E-state index < -0.39 is 11.7 Å². The lowest BCUT2D eigenvalue weighted by Crippen LogP contribution is -2.41. The molecule has 0 saturated carbocycles. The Bertz CT molecular complexity index is 1150. The van der Waals surface area contributed by atoms with E-state index in [1.165, 1.54) is 0 Å². The Hall–Kier alpha value is -3.81. The summed E-state index contributed by atoms with van der Waals surface area (Å²) in [5.41, 5.74) is 4.57. The number of carbonyl (C=O) groups excluding carboxylic acids is 2. The van der Waals surface area contributed by atoms with Crippen LogP contribution in [0.1, 0.15) is 37.6 Å². The molecule has 0 aliphatic carbocycles. The molecule has 0 spiro atoms. The van der Waals surface area contributed by atoms with Gasteiger partial charge in [0.1, 0.15) is 12.2 Å². The third-order valence-corrected chi connectivity index (χ3v) is 5.68. The third-order valence-electron chi connectivity index (χ3n) is 5.68. The molecular weight excluding hydrogens is 444 g/mol. The first kappa shape index (κ1) is 24.3. The number of fused-ring (bicyclic) bond motifs is 1. The van der Waals surface area contributed by atoms with Crippen LogP contribution in [0.5, 0.6) is 0 Å². The van der Waals surface area contributed by atoms with Gasteiger partial charge < -0.3 is 19.7 Å². The van der Waals surface area contributed by atoms with Crippen LogP contribution in [0.2, 0.25) is 0 Å². The zero-order valence-corrected chi connectivity index (χ0v) is 20.5. The molecule has 1 N–H and O–H groups in total. The molecule has 1 aliphatic heterocycles. The van der Waals surface area contributed by atoms with Crippen molar-refractivity contribution in [1.29, 1.82) is 0 Å². The maximum absolute atomic E-state index is 12.5. The van der Waals surface area contributed by atoms with E-state index in [1.807, 2.05) is 86.2 Å². The second-order valence-corrected chi connectivity index (χ2v) is 9.57. The topological polar surface area (TPSA) is 85.7 Å². The normalized spacial score (nSPS) is 13.2. The fourth-order valence-corrected chi connectivity index (χ4v) is 3.90. The zero-order valence-electron chi connectivity index (χ0n) is 20.5. The van der Waals surface area contributed by atoms with Crippen LogP contribution in [0.15, 0.2) is 60.8 Å². The average Bonchev–Trinajstić information content (AvgIpc) is 3.26. The SMILES string of the molecule is CC(C)(C)OC(=O)N1CCn2ncc(-c3ccc(CCNC(=O)OCc4ccccc4)cc3)c2C1. The number of nitrogens with zero attached hydrogens (tertiary/aromatic N) is 3. The average molecular weight is 477 g/mol. The predicted molar refractivity (Wildman–Crippen MR) is 133 cm³/mol. The fraction of sp³-hybridized carbons (Fsp3) is 0.370. The van der Waals surface area contributed by atoms with Crippen LogP contribution < -0.4 is 5.32 Å². The summed E-state index contributed by atoms with van der Waals surface area (Å²) >= 11 is 0. The van der Waals surface area contributed by atoms with Gasteiger partial charge in [0.2, 0.25) is 0 Å². The number of nitrogens with one attached hydrogen (secondary N) is 1. The van der Waals surface area contributed by atoms with E-state index in [0.29, 0.717) is 32.6 Å². The van der Waals surface area contributed by atoms with Crippen LogP contribution in [-0.4, -0.2) is 45.6 Å². The Labute approximate surface area is 205 Å². The molecule has 8 nitrogen and oxygen atoms in total. The van der Waals surface area contributed by atoms with Crippen molar-refractivity contribution in [3.05, 3.63) is 77.6 Å². The van der Waals surface area contributed by atoms with Crippen molar-refractivity contribution in [3.63, 3.8) is 0 Å². The van der Waals surface area contributed by atoms with Crippen LogP contribution in [0.3, 0.4) is 0 Å². The van der Waals surface area contributed by atoms with Crippen LogP contribution in [-0.2, 0) is 35.6 Å². The molecule has 0 bridgehead atoms. The molecule has 0 atom stereocenters. The van der Waals surface area contributed by atoms with Gasteiger partial charge in [0.15, 0.2) is 0 Å². The van der Waals surface area contributed by atoms with Crippen molar-refractivity contribution in [1.82, 2.24) is 20.0 Å². The van der Waals surface area contributed by atoms with Gasteiger partial charge in [-0.1, -0.05) is 54.6 Å². The molecule has 0 radical (unpaired) electrons. The quantitative estimate of drug-likeness (QED) is 0.554. The molecule has 3 aromatic rings. The van der Waals surface area contributed by atoms with Crippen molar-refractivity contribution >= 4 is 12.2 Å². The number of benzene rings is 2. The van der Waals surface area contributed by atoms with E-state index in [-0.39, 0.29) is 12.7 Å². The number of alkyl carbamates (subject to hydrolysis) is 1. The van der Waals surface area contributed by atoms with Crippen LogP contribution >= 0.6 is 0 Å². The second-order valence-electron chi connectivity index (χ2n) is 9.57. The predicted octanol–water partition coefficient (Wildman–Crippen LogP) is 4.77. The van der Waals surface area contributed by atoms with Crippen molar-refractivity contribution in [2.75, 3.05) is 13.1 Å². The minimum atomic E-state index is -0.527. The highest BCUT2D eigenvalue weighted by atomic mass is 16.6. The minimum absolute atomic E-state index is 0.253. The van der Waals surface area contributed by atoms with Crippen LogP contribution in [0.25, 0.3) is 11.1 Å². The fourth-order valence-electron chi connectivity index (χ4n) is 3.90. The van der Waals surface area contributed by atoms with Gasteiger partial charge in [0.25, 0.3) is 0 Å². The van der Waals surface area contributed by atoms with Gasteiger partial charge in [-0.15, -0.1) is 0 Å². The van der Waals surface area contributed by atoms with Crippen molar-refractivity contribution in [2.45, 2.75) is 52.5 Å². The zero-order chi connectivity index (χ0) is 24.8. The molecule has 2 amide bonds. The lowest BCUT2D eigenvalue weighted by molar-refractivity contribution is 0.0195. The molecule has 1 aromatic heterocycles. The number of rotatable bonds is 6. The molecule has 0 unspecified atom stereocenters. The molecule has 2 aromatic carbocycles. The van der Waals surface area contributed by atoms with E-state index >= 15 is 0 Å². The van der Waals surface area contributed by atoms with Gasteiger partial charge in [-0.3, -0.25) is 4.68 Å². The number of ether oxygens (including phenoxy) is 2. The van der Waals surface area contributed by atoms with Gasteiger partial charge in [-0.25, -0.2) is 9.59 Å². The largest absolute Gasteiger partial charge is 0.445 e. The molecule has 8 heteroatoms. The molecule has 35 heavy (non-hydrogen) atoms. The highest BCUT2D eigenvalue weighted by molar-refractivity contribution is 5.70. The summed E-state index contributed by atoms with van der Waals surface area (Å²) in [6.45, 7) is 8.02. The first-order valence-electron chi connectivity index (χ1n) is 11.8. The highest BCUT2D eigenvalue weighted by Crippen LogP contribution is 2.28. The summed E-state index contributed by atoms with van der Waals surface area (Å²) in [5, 5.41) is 7.30. The number of aromatic nitrogens is 2. The molecule has 0 fully saturated rings. The summed E-state index contributed by atoms with van der Waals surface area (Å²) in [6, 6.07) is 17.8. The van der Waals surface area contributed by atoms with Crippen molar-refractivity contribution < 1.29 is 19.1 Å². The van der Waals surface area contributed by atoms with Gasteiger partial charge in [-0.2, -0.15) is 5.10 Å². The molecule has 1 aliphatic rings. The Balaban J connectivity index is 1.30. The van der Waals surface area contributed by atoms with Crippen molar-refractivity contribution in [2.24, 2.45) is 0 Å². The number of carbonyl (C=O) groups is 2. The third kappa shape index (κ3) is 6.62. The summed E-state index contributed by atoms with van der Waals surface area (Å²) in [7, 11) is 0. The number of hydrogen-bond acceptors (Lipinski definition) is 5. The smallest absolute Gasteiger partial charge is 0.410 e. The summed E-state index contributed by atoms with van der Waals surface area (Å²) in [5.74, 6) is 0. The van der Waals surface area contributed by atoms with Crippen LogP contribution in [0, 0.1) is 0 Å². The minimum Gasteiger partial charge on any atom is -0.445 e. The standard InChI is InChI=1S/C27H32N4O4/c1-27(2,3)35-26(33)30-15-16-31-24(18-30)23(17-29-31)22-11-9-20(10-12-22)13-14-28-25(32)34-19-21-7-5-4-6-8-21/h4-12,17H,13-16,18-19H2,1-3H3,(H,28,32). The molecular formula is C27H32N4O4. The number of hydrogen-bond donors (Lipinski definition) is 1. The van der Waals surface area contributed by atoms with Crippen LogP contribution in [0.4, 0.5) is 9.59 Å². The summed E-state index contributed by atoms with van der Waals surface area (Å²) in [4.78, 5) is 26.2. The van der Waals surface area contributed by atoms with Gasteiger partial charge in [0.05, 0.1) is 25.0 Å². The first-order chi connectivity index (χ1) is 16.8. The lowest BCUT2D eigenvalue weighted by atomic mass is 10.0. The Morgan fingerprint density at radius 3 is 2.46 bits per heavy atom. The van der Waals surface area contributed by atoms with E-state index in [0.717, 1.165) is 27.9 Å². The van der Waals surface area contributed by atoms with Gasteiger partial charge in [-0.05, 0) is 43.9 Å². The van der Waals surface area contributed by atoms with Gasteiger partial charge >= 0.3 is 12.2 Å². The van der Waals surface area contributed by atoms with E-state index in [2.05, 4.69) is 10.4 Å².